The number of hydrogen-bond donors (Lipinski definition) is 3. The largest absolute Gasteiger partial charge is 0.463 e. The quantitative estimate of drug-likeness (QED) is 0.120. The molecule has 24 nitrogen and oxygen atoms in total. The topological polar surface area (TPSA) is 312 Å². The zero-order valence-electron chi connectivity index (χ0n) is 50.4. The van der Waals surface area contributed by atoms with E-state index in [-0.39, 0.29) is 51.8 Å². The molecule has 24 heteroatoms. The van der Waals surface area contributed by atoms with Crippen molar-refractivity contribution >= 4 is 47.7 Å². The van der Waals surface area contributed by atoms with Crippen LogP contribution in [0.5, 0.6) is 0 Å². The molecule has 1 aromatic rings. The molecular formula is C59H86N4O20. The fraction of sp³-hybridized carbons (Fsp3) is 0.797. The Balaban J connectivity index is 1.09. The Kier molecular flexibility index (Phi) is 18.1. The van der Waals surface area contributed by atoms with E-state index < -0.39 is 133 Å². The van der Waals surface area contributed by atoms with Gasteiger partial charge in [0.1, 0.15) is 37.2 Å². The first-order valence-electron chi connectivity index (χ1n) is 29.0. The Morgan fingerprint density at radius 2 is 1.18 bits per heavy atom. The number of aromatic nitrogens is 3. The Bertz CT molecular complexity index is 2710. The molecule has 6 fully saturated rings. The second-order valence-electron chi connectivity index (χ2n) is 26.4. The molecule has 19 atom stereocenters. The molecule has 0 radical (unpaired) electrons. The standard InChI is InChI=1S/C59H86N4O20/c1-29(64)74-27-39-46(83-52-50(80-35(7)70)48(78-33(5)68)45(76-31(3)66)40(82-52)28-75-30(2)65)47(77-32(4)67)49(79-34(6)69)51(81-39)63-26-36(61-62-63)25-60-53(73)59-22-21-54(8,9)23-38(59)37-15-16-42-56(12)19-18-43(71)55(10,11)41(56)17-20-57(42,13)58(37,14)24-44(59)72/h15,26,38-52,71-72H,16-25,27-28H2,1-14H3,(H,60,73)/t38-,39+,40+,41-,42+,43-,44+,45+,46+,47-,48-,49+,50+,51+,52+,56-,57+,58+,59+/m0/s1. The number of fused-ring (bicyclic) bond motifs is 7. The van der Waals surface area contributed by atoms with Crippen molar-refractivity contribution < 1.29 is 95.9 Å². The summed E-state index contributed by atoms with van der Waals surface area (Å²) in [5.74, 6) is -6.02. The number of hydrogen-bond acceptors (Lipinski definition) is 22. The van der Waals surface area contributed by atoms with Gasteiger partial charge in [-0.25, -0.2) is 4.68 Å². The molecule has 3 N–H and O–H groups in total. The van der Waals surface area contributed by atoms with Crippen LogP contribution in [0.1, 0.15) is 167 Å². The third-order valence-corrected chi connectivity index (χ3v) is 20.2. The third kappa shape index (κ3) is 12.1. The normalized spacial score (nSPS) is 39.5. The predicted molar refractivity (Wildman–Crippen MR) is 287 cm³/mol. The van der Waals surface area contributed by atoms with Gasteiger partial charge in [0.25, 0.3) is 0 Å². The summed E-state index contributed by atoms with van der Waals surface area (Å²) >= 11 is 0. The van der Waals surface area contributed by atoms with Crippen LogP contribution in [0.15, 0.2) is 17.8 Å². The number of amides is 1. The van der Waals surface area contributed by atoms with Gasteiger partial charge in [0, 0.05) is 48.5 Å². The van der Waals surface area contributed by atoms with Crippen molar-refractivity contribution in [1.29, 1.82) is 0 Å². The number of nitrogens with one attached hydrogen (secondary N) is 1. The molecule has 0 bridgehead atoms. The lowest BCUT2D eigenvalue weighted by atomic mass is 9.33. The van der Waals surface area contributed by atoms with Gasteiger partial charge in [-0.3, -0.25) is 38.4 Å². The van der Waals surface area contributed by atoms with Gasteiger partial charge in [0.05, 0.1) is 30.4 Å². The van der Waals surface area contributed by atoms with E-state index in [1.807, 2.05) is 0 Å². The van der Waals surface area contributed by atoms with Crippen LogP contribution in [0.3, 0.4) is 0 Å². The molecule has 0 aromatic carbocycles. The van der Waals surface area contributed by atoms with Gasteiger partial charge in [0.2, 0.25) is 5.91 Å². The maximum Gasteiger partial charge on any atom is 0.303 e. The molecule has 2 aliphatic heterocycles. The van der Waals surface area contributed by atoms with Gasteiger partial charge in [-0.05, 0) is 103 Å². The minimum absolute atomic E-state index is 0.0173. The van der Waals surface area contributed by atoms with Gasteiger partial charge < -0.3 is 62.9 Å². The third-order valence-electron chi connectivity index (χ3n) is 20.2. The number of rotatable bonds is 15. The molecule has 2 saturated heterocycles. The van der Waals surface area contributed by atoms with Gasteiger partial charge >= 0.3 is 41.8 Å². The zero-order valence-corrected chi connectivity index (χ0v) is 50.4. The van der Waals surface area contributed by atoms with E-state index in [0.29, 0.717) is 37.5 Å². The second-order valence-corrected chi connectivity index (χ2v) is 26.4. The Labute approximate surface area is 484 Å². The van der Waals surface area contributed by atoms with Gasteiger partial charge in [-0.15, -0.1) is 5.10 Å². The number of esters is 7. The molecule has 0 unspecified atom stereocenters. The van der Waals surface area contributed by atoms with Crippen molar-refractivity contribution in [2.24, 2.45) is 50.2 Å². The molecule has 462 valence electrons. The van der Waals surface area contributed by atoms with Crippen molar-refractivity contribution in [2.75, 3.05) is 13.2 Å². The molecule has 3 heterocycles. The summed E-state index contributed by atoms with van der Waals surface area (Å²) in [6.45, 7) is 22.2. The number of ether oxygens (including phenoxy) is 10. The lowest BCUT2D eigenvalue weighted by Crippen LogP contribution is -2.68. The number of nitrogens with zero attached hydrogens (tertiary/aromatic N) is 3. The van der Waals surface area contributed by atoms with E-state index in [0.717, 1.165) is 80.6 Å². The Hall–Kier alpha value is -5.56. The average molecular weight is 1170 g/mol. The van der Waals surface area contributed by atoms with E-state index in [2.05, 4.69) is 70.2 Å². The van der Waals surface area contributed by atoms with Crippen molar-refractivity contribution in [3.8, 4) is 0 Å². The first-order chi connectivity index (χ1) is 38.7. The van der Waals surface area contributed by atoms with Crippen LogP contribution >= 0.6 is 0 Å². The van der Waals surface area contributed by atoms with E-state index in [4.69, 9.17) is 47.4 Å². The number of allylic oxidation sites excluding steroid dienone is 2. The van der Waals surface area contributed by atoms with Crippen molar-refractivity contribution in [2.45, 2.75) is 235 Å². The molecule has 5 aliphatic carbocycles. The fourth-order valence-electron chi connectivity index (χ4n) is 16.3. The van der Waals surface area contributed by atoms with E-state index in [9.17, 15) is 43.8 Å². The Morgan fingerprint density at radius 1 is 0.627 bits per heavy atom. The highest BCUT2D eigenvalue weighted by Crippen LogP contribution is 2.76. The molecular weight excluding hydrogens is 1080 g/mol. The summed E-state index contributed by atoms with van der Waals surface area (Å²) in [5.41, 5.74) is -0.652. The summed E-state index contributed by atoms with van der Waals surface area (Å²) in [6, 6.07) is 0. The highest BCUT2D eigenvalue weighted by Gasteiger charge is 2.71. The average Bonchev–Trinajstić information content (AvgIpc) is 1.02. The molecule has 83 heavy (non-hydrogen) atoms. The molecule has 7 aliphatic rings. The minimum atomic E-state index is -1.87. The summed E-state index contributed by atoms with van der Waals surface area (Å²) in [7, 11) is 0. The van der Waals surface area contributed by atoms with Crippen LogP contribution in [-0.4, -0.2) is 153 Å². The van der Waals surface area contributed by atoms with Crippen LogP contribution in [-0.2, 0) is 92.3 Å². The van der Waals surface area contributed by atoms with E-state index in [1.165, 1.54) is 16.5 Å². The SMILES string of the molecule is CC(=O)OC[C@H]1O[C@@H](n2cc(CNC(=O)[C@]34CCC(C)(C)C[C@H]3C3=CC[C@@H]5[C@@]6(C)CC[C@H](O)C(C)(C)[C@@H]6CC[C@@]5(C)[C@]3(C)C[C@H]4O)nn2)[C@H](OC(C)=O)[C@@H](OC(C)=O)[C@@H]1O[C@H]1O[C@H](COC(C)=O)[C@@H](OC(C)=O)[C@H](OC(C)=O)[C@H]1OC(C)=O. The van der Waals surface area contributed by atoms with Crippen LogP contribution in [0, 0.1) is 50.2 Å². The van der Waals surface area contributed by atoms with Gasteiger partial charge in [-0.2, -0.15) is 0 Å². The second kappa shape index (κ2) is 23.7. The van der Waals surface area contributed by atoms with Crippen LogP contribution < -0.4 is 5.32 Å². The van der Waals surface area contributed by atoms with Crippen LogP contribution in [0.4, 0.5) is 0 Å². The summed E-state index contributed by atoms with van der Waals surface area (Å²) in [4.78, 5) is 104. The van der Waals surface area contributed by atoms with Gasteiger partial charge in [-0.1, -0.05) is 65.3 Å². The lowest BCUT2D eigenvalue weighted by Gasteiger charge is -2.71. The zero-order chi connectivity index (χ0) is 61.1. The Morgan fingerprint density at radius 3 is 1.77 bits per heavy atom. The van der Waals surface area contributed by atoms with E-state index >= 15 is 4.79 Å². The van der Waals surface area contributed by atoms with Gasteiger partial charge in [0.15, 0.2) is 43.0 Å². The number of carbonyl (C=O) groups excluding carboxylic acids is 8. The molecule has 4 saturated carbocycles. The van der Waals surface area contributed by atoms with Crippen LogP contribution in [0.25, 0.3) is 0 Å². The first kappa shape index (κ1) is 63.5. The molecule has 8 rings (SSSR count). The monoisotopic (exact) mass is 1170 g/mol. The smallest absolute Gasteiger partial charge is 0.303 e. The van der Waals surface area contributed by atoms with Crippen molar-refractivity contribution in [3.05, 3.63) is 23.5 Å². The van der Waals surface area contributed by atoms with Crippen LogP contribution in [0.2, 0.25) is 0 Å². The fourth-order valence-corrected chi connectivity index (χ4v) is 16.3. The van der Waals surface area contributed by atoms with Crippen molar-refractivity contribution in [1.82, 2.24) is 20.3 Å². The lowest BCUT2D eigenvalue weighted by molar-refractivity contribution is -0.349. The summed E-state index contributed by atoms with van der Waals surface area (Å²) < 4.78 is 59.6. The summed E-state index contributed by atoms with van der Waals surface area (Å²) in [6.07, 6.45) is -7.17. The minimum Gasteiger partial charge on any atom is -0.463 e. The predicted octanol–water partition coefficient (Wildman–Crippen LogP) is 4.82. The molecule has 1 amide bonds. The highest BCUT2D eigenvalue weighted by atomic mass is 16.8. The highest BCUT2D eigenvalue weighted by molar-refractivity contribution is 5.85. The van der Waals surface area contributed by atoms with E-state index in [1.54, 1.807) is 0 Å². The number of aliphatic hydroxyl groups excluding tert-OH is 2. The molecule has 1 aromatic heterocycles. The summed E-state index contributed by atoms with van der Waals surface area (Å²) in [5, 5.41) is 35.9. The maximum atomic E-state index is 15.3. The molecule has 0 spiro atoms. The van der Waals surface area contributed by atoms with Crippen molar-refractivity contribution in [3.63, 3.8) is 0 Å². The number of carbonyl (C=O) groups is 8. The maximum absolute atomic E-state index is 15.3. The first-order valence-corrected chi connectivity index (χ1v) is 29.0. The number of aliphatic hydroxyl groups is 2.